The molecule has 5 nitrogen and oxygen atoms in total. The molecular formula is C16H19NO4. The smallest absolute Gasteiger partial charge is 0.227 e. The number of carbonyl (C=O) groups is 1. The standard InChI is InChI=1S/C16H19NO4/c1-20-13-4-5-14-11(10-21-15(14)8-13)7-16(19)17-6-2-3-12(17)9-18/h4-5,8,10,12,18H,2-3,6-7,9H2,1H3/t12-/m1/s1. The number of ether oxygens (including phenoxy) is 1. The fourth-order valence-corrected chi connectivity index (χ4v) is 2.95. The lowest BCUT2D eigenvalue weighted by molar-refractivity contribution is -0.131. The number of hydrogen-bond donors (Lipinski definition) is 1. The maximum atomic E-state index is 12.4. The van der Waals surface area contributed by atoms with Crippen molar-refractivity contribution in [3.63, 3.8) is 0 Å². The fraction of sp³-hybridized carbons (Fsp3) is 0.438. The maximum Gasteiger partial charge on any atom is 0.227 e. The van der Waals surface area contributed by atoms with Crippen LogP contribution in [0.25, 0.3) is 11.0 Å². The van der Waals surface area contributed by atoms with Crippen LogP contribution < -0.4 is 4.74 Å². The average Bonchev–Trinajstić information content (AvgIpc) is 3.13. The van der Waals surface area contributed by atoms with Gasteiger partial charge in [-0.2, -0.15) is 0 Å². The molecule has 0 unspecified atom stereocenters. The molecule has 0 radical (unpaired) electrons. The number of benzene rings is 1. The molecule has 1 N–H and O–H groups in total. The van der Waals surface area contributed by atoms with Crippen molar-refractivity contribution in [3.05, 3.63) is 30.0 Å². The number of aliphatic hydroxyl groups excluding tert-OH is 1. The van der Waals surface area contributed by atoms with E-state index < -0.39 is 0 Å². The van der Waals surface area contributed by atoms with Crippen LogP contribution in [0.2, 0.25) is 0 Å². The molecule has 1 aliphatic rings. The van der Waals surface area contributed by atoms with Crippen LogP contribution in [0.5, 0.6) is 5.75 Å². The number of methoxy groups -OCH3 is 1. The normalized spacial score (nSPS) is 18.4. The molecule has 21 heavy (non-hydrogen) atoms. The van der Waals surface area contributed by atoms with Gasteiger partial charge in [0.15, 0.2) is 0 Å². The summed E-state index contributed by atoms with van der Waals surface area (Å²) in [4.78, 5) is 14.2. The minimum absolute atomic E-state index is 0.0317. The van der Waals surface area contributed by atoms with Crippen molar-refractivity contribution in [1.82, 2.24) is 4.90 Å². The largest absolute Gasteiger partial charge is 0.497 e. The molecule has 112 valence electrons. The van der Waals surface area contributed by atoms with Crippen LogP contribution in [0.4, 0.5) is 0 Å². The van der Waals surface area contributed by atoms with Crippen LogP contribution in [0, 0.1) is 0 Å². The van der Waals surface area contributed by atoms with Crippen LogP contribution in [0.1, 0.15) is 18.4 Å². The summed E-state index contributed by atoms with van der Waals surface area (Å²) in [5, 5.41) is 10.2. The lowest BCUT2D eigenvalue weighted by Gasteiger charge is -2.22. The van der Waals surface area contributed by atoms with Crippen molar-refractivity contribution in [1.29, 1.82) is 0 Å². The first-order chi connectivity index (χ1) is 10.2. The van der Waals surface area contributed by atoms with Gasteiger partial charge in [-0.15, -0.1) is 0 Å². The number of rotatable bonds is 4. The third-order valence-electron chi connectivity index (χ3n) is 4.11. The SMILES string of the molecule is COc1ccc2c(CC(=O)N3CCC[C@@H]3CO)coc2c1. The summed E-state index contributed by atoms with van der Waals surface area (Å²) in [7, 11) is 1.61. The molecule has 3 rings (SSSR count). The van der Waals surface area contributed by atoms with Gasteiger partial charge in [0.1, 0.15) is 11.3 Å². The predicted molar refractivity (Wildman–Crippen MR) is 78.3 cm³/mol. The Bertz CT molecular complexity index is 649. The van der Waals surface area contributed by atoms with Crippen molar-refractivity contribution in [2.75, 3.05) is 20.3 Å². The number of fused-ring (bicyclic) bond motifs is 1. The summed E-state index contributed by atoms with van der Waals surface area (Å²) in [5.41, 5.74) is 1.60. The minimum atomic E-state index is -0.0317. The first-order valence-corrected chi connectivity index (χ1v) is 7.17. The van der Waals surface area contributed by atoms with E-state index in [0.717, 1.165) is 41.7 Å². The Kier molecular flexibility index (Phi) is 3.84. The van der Waals surface area contributed by atoms with Gasteiger partial charge in [-0.25, -0.2) is 0 Å². The molecular weight excluding hydrogens is 270 g/mol. The van der Waals surface area contributed by atoms with E-state index in [-0.39, 0.29) is 18.6 Å². The van der Waals surface area contributed by atoms with Crippen LogP contribution in [-0.2, 0) is 11.2 Å². The van der Waals surface area contributed by atoms with E-state index in [1.165, 1.54) is 0 Å². The molecule has 1 aromatic heterocycles. The summed E-state index contributed by atoms with van der Waals surface area (Å²) in [5.74, 6) is 0.777. The van der Waals surface area contributed by atoms with Crippen LogP contribution in [0.3, 0.4) is 0 Å². The highest BCUT2D eigenvalue weighted by molar-refractivity contribution is 5.88. The van der Waals surface area contributed by atoms with E-state index in [1.807, 2.05) is 18.2 Å². The molecule has 1 aliphatic heterocycles. The van der Waals surface area contributed by atoms with Crippen molar-refractivity contribution < 1.29 is 19.1 Å². The minimum Gasteiger partial charge on any atom is -0.497 e. The number of likely N-dealkylation sites (tertiary alicyclic amines) is 1. The summed E-state index contributed by atoms with van der Waals surface area (Å²) >= 11 is 0. The highest BCUT2D eigenvalue weighted by atomic mass is 16.5. The molecule has 0 aliphatic carbocycles. The lowest BCUT2D eigenvalue weighted by Crippen LogP contribution is -2.38. The third kappa shape index (κ3) is 2.61. The summed E-state index contributed by atoms with van der Waals surface area (Å²) in [6.45, 7) is 0.767. The highest BCUT2D eigenvalue weighted by Crippen LogP contribution is 2.27. The van der Waals surface area contributed by atoms with E-state index >= 15 is 0 Å². The number of carbonyl (C=O) groups excluding carboxylic acids is 1. The van der Waals surface area contributed by atoms with Crippen molar-refractivity contribution in [3.8, 4) is 5.75 Å². The van der Waals surface area contributed by atoms with Gasteiger partial charge in [0.25, 0.3) is 0 Å². The molecule has 1 fully saturated rings. The molecule has 1 atom stereocenters. The van der Waals surface area contributed by atoms with Crippen molar-refractivity contribution in [2.24, 2.45) is 0 Å². The summed E-state index contributed by atoms with van der Waals surface area (Å²) < 4.78 is 10.7. The van der Waals surface area contributed by atoms with Gasteiger partial charge in [0.2, 0.25) is 5.91 Å². The van der Waals surface area contributed by atoms with Crippen LogP contribution in [-0.4, -0.2) is 42.2 Å². The number of furan rings is 1. The Hall–Kier alpha value is -2.01. The monoisotopic (exact) mass is 289 g/mol. The van der Waals surface area contributed by atoms with Gasteiger partial charge in [0, 0.05) is 23.6 Å². The first-order valence-electron chi connectivity index (χ1n) is 7.17. The molecule has 0 spiro atoms. The van der Waals surface area contributed by atoms with E-state index in [9.17, 15) is 9.90 Å². The van der Waals surface area contributed by atoms with Crippen molar-refractivity contribution in [2.45, 2.75) is 25.3 Å². The molecule has 2 heterocycles. The van der Waals surface area contributed by atoms with Gasteiger partial charge >= 0.3 is 0 Å². The molecule has 1 saturated heterocycles. The highest BCUT2D eigenvalue weighted by Gasteiger charge is 2.28. The third-order valence-corrected chi connectivity index (χ3v) is 4.11. The summed E-state index contributed by atoms with van der Waals surface area (Å²) in [6, 6.07) is 5.55. The van der Waals surface area contributed by atoms with Crippen molar-refractivity contribution >= 4 is 16.9 Å². The Labute approximate surface area is 123 Å². The number of aliphatic hydroxyl groups is 1. The molecule has 1 aromatic carbocycles. The zero-order chi connectivity index (χ0) is 14.8. The Balaban J connectivity index is 1.80. The van der Waals surface area contributed by atoms with E-state index in [1.54, 1.807) is 18.3 Å². The second-order valence-corrected chi connectivity index (χ2v) is 5.37. The Morgan fingerprint density at radius 2 is 2.38 bits per heavy atom. The number of nitrogens with zero attached hydrogens (tertiary/aromatic N) is 1. The average molecular weight is 289 g/mol. The van der Waals surface area contributed by atoms with E-state index in [2.05, 4.69) is 0 Å². The topological polar surface area (TPSA) is 62.9 Å². The van der Waals surface area contributed by atoms with Crippen LogP contribution >= 0.6 is 0 Å². The van der Waals surface area contributed by atoms with Gasteiger partial charge < -0.3 is 19.2 Å². The lowest BCUT2D eigenvalue weighted by atomic mass is 10.1. The second kappa shape index (κ2) is 5.77. The first kappa shape index (κ1) is 13.9. The van der Waals surface area contributed by atoms with Gasteiger partial charge in [-0.3, -0.25) is 4.79 Å². The van der Waals surface area contributed by atoms with E-state index in [0.29, 0.717) is 6.42 Å². The number of hydrogen-bond acceptors (Lipinski definition) is 4. The fourth-order valence-electron chi connectivity index (χ4n) is 2.95. The predicted octanol–water partition coefficient (Wildman–Crippen LogP) is 1.97. The maximum absolute atomic E-state index is 12.4. The quantitative estimate of drug-likeness (QED) is 0.934. The Morgan fingerprint density at radius 3 is 3.14 bits per heavy atom. The number of amides is 1. The molecule has 1 amide bonds. The second-order valence-electron chi connectivity index (χ2n) is 5.37. The van der Waals surface area contributed by atoms with Gasteiger partial charge in [0.05, 0.1) is 32.4 Å². The molecule has 5 heteroatoms. The van der Waals surface area contributed by atoms with Crippen LogP contribution in [0.15, 0.2) is 28.9 Å². The van der Waals surface area contributed by atoms with E-state index in [4.69, 9.17) is 9.15 Å². The molecule has 2 aromatic rings. The summed E-state index contributed by atoms with van der Waals surface area (Å²) in [6.07, 6.45) is 3.77. The van der Waals surface area contributed by atoms with Gasteiger partial charge in [-0.05, 0) is 25.0 Å². The van der Waals surface area contributed by atoms with Gasteiger partial charge in [-0.1, -0.05) is 0 Å². The zero-order valence-electron chi connectivity index (χ0n) is 12.0. The zero-order valence-corrected chi connectivity index (χ0v) is 12.0. The molecule has 0 saturated carbocycles. The molecule has 0 bridgehead atoms. The Morgan fingerprint density at radius 1 is 1.52 bits per heavy atom.